The van der Waals surface area contributed by atoms with E-state index in [2.05, 4.69) is 17.0 Å². The van der Waals surface area contributed by atoms with Crippen molar-refractivity contribution >= 4 is 30.0 Å². The molecule has 37 heavy (non-hydrogen) atoms. The van der Waals surface area contributed by atoms with E-state index in [-0.39, 0.29) is 18.7 Å². The highest BCUT2D eigenvalue weighted by atomic mass is 16.7. The molecule has 2 aromatic carbocycles. The van der Waals surface area contributed by atoms with Gasteiger partial charge in [0.2, 0.25) is 12.6 Å². The van der Waals surface area contributed by atoms with E-state index in [9.17, 15) is 14.4 Å². The third kappa shape index (κ3) is 4.48. The molecule has 190 valence electrons. The minimum absolute atomic E-state index is 0.0788. The second-order valence-electron chi connectivity index (χ2n) is 9.25. The van der Waals surface area contributed by atoms with Crippen molar-refractivity contribution in [3.8, 4) is 11.5 Å². The Balaban J connectivity index is 1.28. The fraction of sp³-hybridized carbons (Fsp3) is 0.286. The van der Waals surface area contributed by atoms with Gasteiger partial charge in [-0.1, -0.05) is 25.1 Å². The molecule has 9 heteroatoms. The Morgan fingerprint density at radius 2 is 1.76 bits per heavy atom. The minimum Gasteiger partial charge on any atom is -0.454 e. The monoisotopic (exact) mass is 500 g/mol. The van der Waals surface area contributed by atoms with Gasteiger partial charge >= 0.3 is 0 Å². The molecule has 0 bridgehead atoms. The van der Waals surface area contributed by atoms with Gasteiger partial charge in [0.25, 0.3) is 11.8 Å². The van der Waals surface area contributed by atoms with Crippen LogP contribution in [0.5, 0.6) is 11.5 Å². The van der Waals surface area contributed by atoms with Gasteiger partial charge in [0.05, 0.1) is 5.70 Å². The van der Waals surface area contributed by atoms with E-state index in [4.69, 9.17) is 9.47 Å². The van der Waals surface area contributed by atoms with Gasteiger partial charge in [0.15, 0.2) is 11.5 Å². The summed E-state index contributed by atoms with van der Waals surface area (Å²) in [6.07, 6.45) is 1.57. The zero-order valence-electron chi connectivity index (χ0n) is 20.8. The van der Waals surface area contributed by atoms with Crippen LogP contribution in [0.3, 0.4) is 0 Å². The summed E-state index contributed by atoms with van der Waals surface area (Å²) in [4.78, 5) is 46.8. The Morgan fingerprint density at radius 1 is 1.00 bits per heavy atom. The number of hydrogen-bond acceptors (Lipinski definition) is 7. The molecule has 0 radical (unpaired) electrons. The summed E-state index contributed by atoms with van der Waals surface area (Å²) in [6.45, 7) is 8.59. The van der Waals surface area contributed by atoms with Gasteiger partial charge in [-0.15, -0.1) is 0 Å². The van der Waals surface area contributed by atoms with E-state index in [1.165, 1.54) is 0 Å². The van der Waals surface area contributed by atoms with Crippen LogP contribution in [0.4, 0.5) is 0 Å². The first kappa shape index (κ1) is 24.3. The van der Waals surface area contributed by atoms with Crippen molar-refractivity contribution in [2.24, 2.45) is 10.9 Å². The van der Waals surface area contributed by atoms with Crippen LogP contribution in [0.2, 0.25) is 0 Å². The summed E-state index contributed by atoms with van der Waals surface area (Å²) in [7, 11) is 0. The number of rotatable bonds is 5. The highest BCUT2D eigenvalue weighted by Gasteiger charge is 2.37. The molecule has 2 aromatic rings. The second-order valence-corrected chi connectivity index (χ2v) is 9.25. The summed E-state index contributed by atoms with van der Waals surface area (Å²) in [5.41, 5.74) is 2.97. The van der Waals surface area contributed by atoms with Crippen LogP contribution in [0.25, 0.3) is 5.70 Å². The zero-order valence-corrected chi connectivity index (χ0v) is 20.8. The van der Waals surface area contributed by atoms with Crippen molar-refractivity contribution in [2.75, 3.05) is 26.4 Å². The highest BCUT2D eigenvalue weighted by molar-refractivity contribution is 6.43. The molecule has 0 aromatic heterocycles. The lowest BCUT2D eigenvalue weighted by Gasteiger charge is -2.39. The largest absolute Gasteiger partial charge is 0.454 e. The van der Waals surface area contributed by atoms with E-state index in [1.54, 1.807) is 34.2 Å². The van der Waals surface area contributed by atoms with Gasteiger partial charge in [-0.2, -0.15) is 0 Å². The fourth-order valence-electron chi connectivity index (χ4n) is 4.93. The van der Waals surface area contributed by atoms with Gasteiger partial charge in [0, 0.05) is 60.2 Å². The topological polar surface area (TPSA) is 101 Å². The number of hydrogen-bond donors (Lipinski definition) is 1. The number of nitrogens with one attached hydrogen (secondary N) is 1. The molecule has 1 saturated heterocycles. The van der Waals surface area contributed by atoms with Gasteiger partial charge in [-0.25, -0.2) is 0 Å². The minimum atomic E-state index is -0.573. The SMILES string of the molecule is C=N/C(=C1/NC=C(C(=O)C(=O)N2CCN(C(=O)c3ccccc3)CC2C)C1C)c1ccc2c(c1)OCO2. The standard InChI is InChI=1S/C28H28N4O5/c1-17-15-31(27(34)19-7-5-4-6-8-19)11-12-32(17)28(35)26(33)21-14-30-24(18(21)2)25(29-3)20-9-10-22-23(13-20)37-16-36-22/h4-10,13-14,17-18,30H,3,11-12,15-16H2,1-2H3/b25-24+. The number of fused-ring (bicyclic) bond motifs is 1. The number of piperazine rings is 1. The first-order chi connectivity index (χ1) is 17.9. The molecule has 3 aliphatic heterocycles. The van der Waals surface area contributed by atoms with Crippen molar-refractivity contribution < 1.29 is 23.9 Å². The average Bonchev–Trinajstić information content (AvgIpc) is 3.55. The second kappa shape index (κ2) is 9.93. The van der Waals surface area contributed by atoms with Crippen LogP contribution in [0.15, 0.2) is 71.0 Å². The van der Waals surface area contributed by atoms with E-state index in [0.29, 0.717) is 53.7 Å². The number of carbonyl (C=O) groups excluding carboxylic acids is 3. The Morgan fingerprint density at radius 3 is 2.49 bits per heavy atom. The Kier molecular flexibility index (Phi) is 6.52. The van der Waals surface area contributed by atoms with Crippen LogP contribution in [-0.4, -0.2) is 66.6 Å². The molecule has 2 atom stereocenters. The lowest BCUT2D eigenvalue weighted by Crippen LogP contribution is -2.57. The molecule has 1 fully saturated rings. The number of aliphatic imine (C=N–C) groups is 1. The Bertz CT molecular complexity index is 1330. The number of amides is 2. The van der Waals surface area contributed by atoms with Crippen molar-refractivity contribution in [1.29, 1.82) is 0 Å². The third-order valence-electron chi connectivity index (χ3n) is 6.99. The number of Topliss-reactive ketones (excluding diaryl/α,β-unsaturated/α-hetero) is 1. The van der Waals surface area contributed by atoms with Crippen LogP contribution < -0.4 is 14.8 Å². The number of carbonyl (C=O) groups is 3. The Hall–Kier alpha value is -4.40. The summed E-state index contributed by atoms with van der Waals surface area (Å²) < 4.78 is 10.8. The van der Waals surface area contributed by atoms with Crippen LogP contribution in [0, 0.1) is 5.92 Å². The van der Waals surface area contributed by atoms with Gasteiger partial charge in [0.1, 0.15) is 0 Å². The van der Waals surface area contributed by atoms with Crippen molar-refractivity contribution in [3.63, 3.8) is 0 Å². The van der Waals surface area contributed by atoms with Gasteiger partial charge in [-0.05, 0) is 44.0 Å². The maximum Gasteiger partial charge on any atom is 0.295 e. The molecule has 2 unspecified atom stereocenters. The van der Waals surface area contributed by atoms with Gasteiger partial charge < -0.3 is 24.6 Å². The van der Waals surface area contributed by atoms with E-state index >= 15 is 0 Å². The molecular weight excluding hydrogens is 472 g/mol. The molecule has 0 saturated carbocycles. The number of ether oxygens (including phenoxy) is 2. The van der Waals surface area contributed by atoms with Crippen molar-refractivity contribution in [2.45, 2.75) is 19.9 Å². The predicted octanol–water partition coefficient (Wildman–Crippen LogP) is 2.85. The average molecular weight is 501 g/mol. The van der Waals surface area contributed by atoms with E-state index in [1.807, 2.05) is 44.2 Å². The maximum atomic E-state index is 13.3. The summed E-state index contributed by atoms with van der Waals surface area (Å²) >= 11 is 0. The predicted molar refractivity (Wildman–Crippen MR) is 138 cm³/mol. The van der Waals surface area contributed by atoms with Crippen molar-refractivity contribution in [1.82, 2.24) is 15.1 Å². The first-order valence-electron chi connectivity index (χ1n) is 12.2. The number of benzene rings is 2. The van der Waals surface area contributed by atoms with Gasteiger partial charge in [-0.3, -0.25) is 19.4 Å². The summed E-state index contributed by atoms with van der Waals surface area (Å²) in [5, 5.41) is 3.13. The zero-order chi connectivity index (χ0) is 26.1. The van der Waals surface area contributed by atoms with E-state index in [0.717, 1.165) is 5.56 Å². The lowest BCUT2D eigenvalue weighted by atomic mass is 9.94. The molecule has 2 amide bonds. The molecule has 5 rings (SSSR count). The highest BCUT2D eigenvalue weighted by Crippen LogP contribution is 2.37. The van der Waals surface area contributed by atoms with Crippen LogP contribution in [0.1, 0.15) is 29.8 Å². The first-order valence-corrected chi connectivity index (χ1v) is 12.2. The molecule has 9 nitrogen and oxygen atoms in total. The smallest absolute Gasteiger partial charge is 0.295 e. The molecule has 0 spiro atoms. The number of allylic oxidation sites excluding steroid dienone is 1. The molecular formula is C28H28N4O5. The molecule has 3 aliphatic rings. The summed E-state index contributed by atoms with van der Waals surface area (Å²) in [5.74, 6) is -0.342. The lowest BCUT2D eigenvalue weighted by molar-refractivity contribution is -0.145. The number of ketones is 1. The molecule has 3 heterocycles. The number of nitrogens with zero attached hydrogens (tertiary/aromatic N) is 3. The van der Waals surface area contributed by atoms with Crippen molar-refractivity contribution in [3.05, 3.63) is 77.1 Å². The fourth-order valence-corrected chi connectivity index (χ4v) is 4.93. The molecule has 0 aliphatic carbocycles. The van der Waals surface area contributed by atoms with Crippen LogP contribution >= 0.6 is 0 Å². The quantitative estimate of drug-likeness (QED) is 0.501. The Labute approximate surface area is 215 Å². The summed E-state index contributed by atoms with van der Waals surface area (Å²) in [6, 6.07) is 14.2. The maximum absolute atomic E-state index is 13.3. The van der Waals surface area contributed by atoms with E-state index < -0.39 is 17.6 Å². The third-order valence-corrected chi connectivity index (χ3v) is 6.99. The normalized spacial score (nSPS) is 21.7. The molecule has 1 N–H and O–H groups in total. The van der Waals surface area contributed by atoms with Crippen LogP contribution in [-0.2, 0) is 9.59 Å².